The highest BCUT2D eigenvalue weighted by Crippen LogP contribution is 2.38. The van der Waals surface area contributed by atoms with Gasteiger partial charge in [0, 0.05) is 6.08 Å². The number of ether oxygens (including phenoxy) is 2. The fraction of sp³-hybridized carbons (Fsp3) is 0.267. The van der Waals surface area contributed by atoms with Gasteiger partial charge in [0.25, 0.3) is 0 Å². The molecule has 0 fully saturated rings. The van der Waals surface area contributed by atoms with Gasteiger partial charge in [-0.15, -0.1) is 0 Å². The summed E-state index contributed by atoms with van der Waals surface area (Å²) in [7, 11) is 0. The lowest BCUT2D eigenvalue weighted by Gasteiger charge is -2.19. The van der Waals surface area contributed by atoms with Crippen LogP contribution in [0, 0.1) is 22.7 Å². The highest BCUT2D eigenvalue weighted by Gasteiger charge is 2.16. The second-order valence-corrected chi connectivity index (χ2v) is 4.78. The molecule has 0 N–H and O–H groups in total. The van der Waals surface area contributed by atoms with Crippen LogP contribution in [0.25, 0.3) is 6.08 Å². The summed E-state index contributed by atoms with van der Waals surface area (Å²) in [6, 6.07) is 7.05. The zero-order valence-electron chi connectivity index (χ0n) is 11.6. The molecule has 0 atom stereocenters. The van der Waals surface area contributed by atoms with E-state index in [2.05, 4.69) is 0 Å². The molecule has 112 valence electrons. The van der Waals surface area contributed by atoms with Gasteiger partial charge in [0.1, 0.15) is 26.3 Å². The molecule has 0 radical (unpaired) electrons. The Morgan fingerprint density at radius 1 is 1.27 bits per heavy atom. The summed E-state index contributed by atoms with van der Waals surface area (Å²) in [6.07, 6.45) is 2.84. The third kappa shape index (κ3) is 3.69. The van der Waals surface area contributed by atoms with E-state index in [4.69, 9.17) is 31.6 Å². The van der Waals surface area contributed by atoms with Crippen LogP contribution in [0.2, 0.25) is 5.02 Å². The van der Waals surface area contributed by atoms with Crippen LogP contribution in [-0.2, 0) is 4.79 Å². The van der Waals surface area contributed by atoms with Crippen LogP contribution >= 0.6 is 11.6 Å². The Balaban J connectivity index is 2.16. The second-order valence-electron chi connectivity index (χ2n) is 4.37. The SMILES string of the molecule is N#CCN(CC#N)C(=O)/C=C/c1cc(Cl)c2c(c1)OCCO2. The number of rotatable bonds is 4. The van der Waals surface area contributed by atoms with Gasteiger partial charge < -0.3 is 14.4 Å². The van der Waals surface area contributed by atoms with Gasteiger partial charge in [-0.05, 0) is 23.8 Å². The fourth-order valence-electron chi connectivity index (χ4n) is 1.88. The summed E-state index contributed by atoms with van der Waals surface area (Å²) in [4.78, 5) is 13.1. The molecule has 1 aromatic carbocycles. The van der Waals surface area contributed by atoms with Crippen LogP contribution in [0.3, 0.4) is 0 Å². The van der Waals surface area contributed by atoms with Crippen molar-refractivity contribution in [3.63, 3.8) is 0 Å². The molecule has 1 aromatic rings. The van der Waals surface area contributed by atoms with Crippen LogP contribution in [-0.4, -0.2) is 37.1 Å². The highest BCUT2D eigenvalue weighted by molar-refractivity contribution is 6.32. The molecule has 22 heavy (non-hydrogen) atoms. The van der Waals surface area contributed by atoms with E-state index in [-0.39, 0.29) is 13.1 Å². The molecular weight excluding hydrogens is 306 g/mol. The molecule has 7 heteroatoms. The maximum Gasteiger partial charge on any atom is 0.248 e. The van der Waals surface area contributed by atoms with Crippen LogP contribution in [0.1, 0.15) is 5.56 Å². The van der Waals surface area contributed by atoms with Crippen molar-refractivity contribution in [3.05, 3.63) is 28.8 Å². The number of nitrogens with zero attached hydrogens (tertiary/aromatic N) is 3. The van der Waals surface area contributed by atoms with Crippen molar-refractivity contribution in [2.75, 3.05) is 26.3 Å². The summed E-state index contributed by atoms with van der Waals surface area (Å²) in [5.74, 6) is 0.595. The van der Waals surface area contributed by atoms with Gasteiger partial charge in [0.15, 0.2) is 11.5 Å². The minimum absolute atomic E-state index is 0.140. The molecule has 0 spiro atoms. The van der Waals surface area contributed by atoms with E-state index in [0.29, 0.717) is 35.3 Å². The molecule has 0 saturated heterocycles. The Labute approximate surface area is 132 Å². The predicted molar refractivity (Wildman–Crippen MR) is 79.3 cm³/mol. The minimum atomic E-state index is -0.422. The van der Waals surface area contributed by atoms with Gasteiger partial charge in [-0.3, -0.25) is 4.79 Å². The van der Waals surface area contributed by atoms with Crippen molar-refractivity contribution in [1.82, 2.24) is 4.90 Å². The summed E-state index contributed by atoms with van der Waals surface area (Å²) in [5, 5.41) is 17.7. The molecule has 1 amide bonds. The molecule has 0 aliphatic carbocycles. The first-order chi connectivity index (χ1) is 10.7. The van der Waals surface area contributed by atoms with E-state index in [1.807, 2.05) is 12.1 Å². The standard InChI is InChI=1S/C15H12ClN3O3/c16-12-9-11(10-13-15(12)22-8-7-21-13)1-2-14(20)19(5-3-17)6-4-18/h1-2,9-10H,5-8H2/b2-1+. The van der Waals surface area contributed by atoms with E-state index in [0.717, 1.165) is 4.90 Å². The number of nitriles is 2. The zero-order chi connectivity index (χ0) is 15.9. The lowest BCUT2D eigenvalue weighted by molar-refractivity contribution is -0.124. The van der Waals surface area contributed by atoms with Gasteiger partial charge in [-0.2, -0.15) is 10.5 Å². The molecule has 6 nitrogen and oxygen atoms in total. The Hall–Kier alpha value is -2.70. The van der Waals surface area contributed by atoms with Crippen molar-refractivity contribution in [2.45, 2.75) is 0 Å². The highest BCUT2D eigenvalue weighted by atomic mass is 35.5. The number of carbonyl (C=O) groups excluding carboxylic acids is 1. The summed E-state index contributed by atoms with van der Waals surface area (Å²) in [6.45, 7) is 0.600. The smallest absolute Gasteiger partial charge is 0.248 e. The number of fused-ring (bicyclic) bond motifs is 1. The van der Waals surface area contributed by atoms with Crippen molar-refractivity contribution in [3.8, 4) is 23.6 Å². The Kier molecular flexibility index (Phi) is 5.24. The Bertz CT molecular complexity index is 672. The molecule has 0 aromatic heterocycles. The molecule has 0 unspecified atom stereocenters. The lowest BCUT2D eigenvalue weighted by Crippen LogP contribution is -2.30. The van der Waals surface area contributed by atoms with E-state index in [9.17, 15) is 4.79 Å². The average molecular weight is 318 g/mol. The van der Waals surface area contributed by atoms with Crippen molar-refractivity contribution in [1.29, 1.82) is 10.5 Å². The van der Waals surface area contributed by atoms with Gasteiger partial charge >= 0.3 is 0 Å². The van der Waals surface area contributed by atoms with Crippen LogP contribution in [0.15, 0.2) is 18.2 Å². The number of amides is 1. The van der Waals surface area contributed by atoms with Gasteiger partial charge in [0.05, 0.1) is 17.2 Å². The van der Waals surface area contributed by atoms with Gasteiger partial charge in [0.2, 0.25) is 5.91 Å². The van der Waals surface area contributed by atoms with Crippen molar-refractivity contribution in [2.24, 2.45) is 0 Å². The fourth-order valence-corrected chi connectivity index (χ4v) is 2.16. The van der Waals surface area contributed by atoms with Gasteiger partial charge in [-0.25, -0.2) is 0 Å². The van der Waals surface area contributed by atoms with Crippen LogP contribution in [0.4, 0.5) is 0 Å². The number of halogens is 1. The van der Waals surface area contributed by atoms with Crippen molar-refractivity contribution < 1.29 is 14.3 Å². The summed E-state index contributed by atoms with van der Waals surface area (Å²) in [5.41, 5.74) is 0.663. The first-order valence-corrected chi connectivity index (χ1v) is 6.83. The van der Waals surface area contributed by atoms with Gasteiger partial charge in [-0.1, -0.05) is 11.6 Å². The quantitative estimate of drug-likeness (QED) is 0.626. The van der Waals surface area contributed by atoms with Crippen molar-refractivity contribution >= 4 is 23.6 Å². The maximum atomic E-state index is 11.9. The largest absolute Gasteiger partial charge is 0.486 e. The third-order valence-corrected chi connectivity index (χ3v) is 3.15. The van der Waals surface area contributed by atoms with E-state index >= 15 is 0 Å². The maximum absolute atomic E-state index is 11.9. The zero-order valence-corrected chi connectivity index (χ0v) is 12.3. The summed E-state index contributed by atoms with van der Waals surface area (Å²) < 4.78 is 10.9. The topological polar surface area (TPSA) is 86.4 Å². The molecular formula is C15H12ClN3O3. The predicted octanol–water partition coefficient (Wildman–Crippen LogP) is 2.00. The van der Waals surface area contributed by atoms with Crippen LogP contribution < -0.4 is 9.47 Å². The molecule has 1 heterocycles. The molecule has 1 aliphatic rings. The monoisotopic (exact) mass is 317 g/mol. The van der Waals surface area contributed by atoms with E-state index in [1.165, 1.54) is 6.08 Å². The van der Waals surface area contributed by atoms with Crippen LogP contribution in [0.5, 0.6) is 11.5 Å². The Morgan fingerprint density at radius 3 is 2.64 bits per heavy atom. The first kappa shape index (κ1) is 15.7. The minimum Gasteiger partial charge on any atom is -0.486 e. The average Bonchev–Trinajstić information content (AvgIpc) is 2.52. The Morgan fingerprint density at radius 2 is 1.95 bits per heavy atom. The molecule has 0 saturated carbocycles. The number of carbonyl (C=O) groups is 1. The number of hydrogen-bond donors (Lipinski definition) is 0. The molecule has 0 bridgehead atoms. The number of benzene rings is 1. The lowest BCUT2D eigenvalue weighted by atomic mass is 10.1. The van der Waals surface area contributed by atoms with E-state index in [1.54, 1.807) is 18.2 Å². The normalized spacial score (nSPS) is 12.5. The number of hydrogen-bond acceptors (Lipinski definition) is 5. The van der Waals surface area contributed by atoms with E-state index < -0.39 is 5.91 Å². The first-order valence-electron chi connectivity index (χ1n) is 6.45. The third-order valence-electron chi connectivity index (χ3n) is 2.87. The summed E-state index contributed by atoms with van der Waals surface area (Å²) >= 11 is 6.10. The second kappa shape index (κ2) is 7.35. The molecule has 1 aliphatic heterocycles. The molecule has 2 rings (SSSR count).